The molecular formula is C11H17NO. The van der Waals surface area contributed by atoms with Gasteiger partial charge in [-0.1, -0.05) is 20.3 Å². The molecule has 0 spiro atoms. The zero-order valence-electron chi connectivity index (χ0n) is 8.39. The minimum absolute atomic E-state index is 0.275. The number of nitrogens with one attached hydrogen (secondary N) is 1. The molecule has 1 N–H and O–H groups in total. The highest BCUT2D eigenvalue weighted by Gasteiger charge is 2.28. The second-order valence-electron chi connectivity index (χ2n) is 4.58. The number of hydrogen-bond acceptors (Lipinski definition) is 1. The maximum absolute atomic E-state index is 10.9. The molecule has 0 aromatic carbocycles. The normalized spacial score (nSPS) is 26.1. The van der Waals surface area contributed by atoms with Gasteiger partial charge in [0.1, 0.15) is 0 Å². The van der Waals surface area contributed by atoms with Crippen molar-refractivity contribution in [2.24, 2.45) is 5.41 Å². The largest absolute Gasteiger partial charge is 0.343 e. The van der Waals surface area contributed by atoms with Gasteiger partial charge in [0, 0.05) is 6.04 Å². The lowest BCUT2D eigenvalue weighted by Gasteiger charge is -2.35. The van der Waals surface area contributed by atoms with E-state index in [-0.39, 0.29) is 11.9 Å². The molecule has 1 rings (SSSR count). The molecule has 2 nitrogen and oxygen atoms in total. The molecule has 0 saturated heterocycles. The Morgan fingerprint density at radius 2 is 2.31 bits per heavy atom. The molecule has 2 heteroatoms. The molecule has 1 unspecified atom stereocenters. The third-order valence-electron chi connectivity index (χ3n) is 2.67. The summed E-state index contributed by atoms with van der Waals surface area (Å²) in [5.74, 6) is 1.81. The molecule has 1 fully saturated rings. The lowest BCUT2D eigenvalue weighted by molar-refractivity contribution is -0.116. The van der Waals surface area contributed by atoms with Crippen molar-refractivity contribution in [2.75, 3.05) is 0 Å². The lowest BCUT2D eigenvalue weighted by Crippen LogP contribution is -2.40. The summed E-state index contributed by atoms with van der Waals surface area (Å²) in [6.07, 6.45) is 9.53. The van der Waals surface area contributed by atoms with Crippen LogP contribution >= 0.6 is 0 Å². The van der Waals surface area contributed by atoms with Crippen molar-refractivity contribution < 1.29 is 4.79 Å². The van der Waals surface area contributed by atoms with Crippen molar-refractivity contribution in [3.8, 4) is 12.3 Å². The smallest absolute Gasteiger partial charge is 0.295 e. The van der Waals surface area contributed by atoms with Crippen molar-refractivity contribution in [2.45, 2.75) is 45.6 Å². The molecule has 13 heavy (non-hydrogen) atoms. The number of amides is 1. The van der Waals surface area contributed by atoms with Crippen LogP contribution in [0, 0.1) is 17.8 Å². The molecule has 1 amide bonds. The Morgan fingerprint density at radius 3 is 2.85 bits per heavy atom. The van der Waals surface area contributed by atoms with Crippen LogP contribution in [0.15, 0.2) is 0 Å². The SMILES string of the molecule is C#CC(=O)NC1CCCC(C)(C)C1. The van der Waals surface area contributed by atoms with Gasteiger partial charge < -0.3 is 5.32 Å². The number of hydrogen-bond donors (Lipinski definition) is 1. The first-order valence-electron chi connectivity index (χ1n) is 4.81. The molecule has 0 heterocycles. The van der Waals surface area contributed by atoms with E-state index in [4.69, 9.17) is 6.42 Å². The first-order chi connectivity index (χ1) is 6.03. The van der Waals surface area contributed by atoms with E-state index >= 15 is 0 Å². The van der Waals surface area contributed by atoms with E-state index in [0.29, 0.717) is 5.41 Å². The highest BCUT2D eigenvalue weighted by molar-refractivity contribution is 5.92. The summed E-state index contributed by atoms with van der Waals surface area (Å²) in [4.78, 5) is 10.9. The third-order valence-corrected chi connectivity index (χ3v) is 2.67. The highest BCUT2D eigenvalue weighted by atomic mass is 16.1. The summed E-state index contributed by atoms with van der Waals surface area (Å²) in [6.45, 7) is 4.47. The van der Waals surface area contributed by atoms with Crippen LogP contribution in [0.25, 0.3) is 0 Å². The second-order valence-corrected chi connectivity index (χ2v) is 4.58. The average molecular weight is 179 g/mol. The maximum atomic E-state index is 10.9. The van der Waals surface area contributed by atoms with E-state index < -0.39 is 0 Å². The molecule has 0 aromatic heterocycles. The minimum Gasteiger partial charge on any atom is -0.343 e. The predicted molar refractivity (Wildman–Crippen MR) is 53.0 cm³/mol. The first-order valence-corrected chi connectivity index (χ1v) is 4.81. The van der Waals surface area contributed by atoms with Crippen LogP contribution in [0.2, 0.25) is 0 Å². The fourth-order valence-electron chi connectivity index (χ4n) is 2.05. The van der Waals surface area contributed by atoms with E-state index in [2.05, 4.69) is 25.1 Å². The van der Waals surface area contributed by atoms with Crippen molar-refractivity contribution in [3.63, 3.8) is 0 Å². The summed E-state index contributed by atoms with van der Waals surface area (Å²) in [5.41, 5.74) is 0.352. The number of carbonyl (C=O) groups is 1. The van der Waals surface area contributed by atoms with Gasteiger partial charge in [-0.05, 0) is 30.6 Å². The Kier molecular flexibility index (Phi) is 2.98. The Bertz CT molecular complexity index is 237. The first kappa shape index (κ1) is 10.1. The Morgan fingerprint density at radius 1 is 1.62 bits per heavy atom. The summed E-state index contributed by atoms with van der Waals surface area (Å²) in [7, 11) is 0. The van der Waals surface area contributed by atoms with Crippen molar-refractivity contribution in [1.82, 2.24) is 5.32 Å². The summed E-state index contributed by atoms with van der Waals surface area (Å²) in [5, 5.41) is 2.85. The van der Waals surface area contributed by atoms with E-state index in [1.165, 1.54) is 12.8 Å². The molecule has 1 aliphatic carbocycles. The Balaban J connectivity index is 2.44. The van der Waals surface area contributed by atoms with Crippen LogP contribution in [0.1, 0.15) is 39.5 Å². The molecule has 1 aliphatic rings. The van der Waals surface area contributed by atoms with E-state index in [9.17, 15) is 4.79 Å². The quantitative estimate of drug-likeness (QED) is 0.610. The van der Waals surface area contributed by atoms with Crippen LogP contribution in [-0.2, 0) is 4.79 Å². The number of carbonyl (C=O) groups excluding carboxylic acids is 1. The van der Waals surface area contributed by atoms with Crippen LogP contribution in [0.3, 0.4) is 0 Å². The molecule has 0 aliphatic heterocycles. The number of terminal acetylenes is 1. The van der Waals surface area contributed by atoms with Gasteiger partial charge in [-0.3, -0.25) is 4.79 Å². The second kappa shape index (κ2) is 3.83. The molecular weight excluding hydrogens is 162 g/mol. The maximum Gasteiger partial charge on any atom is 0.295 e. The third kappa shape index (κ3) is 3.10. The fraction of sp³-hybridized carbons (Fsp3) is 0.727. The van der Waals surface area contributed by atoms with Crippen molar-refractivity contribution in [1.29, 1.82) is 0 Å². The minimum atomic E-state index is -0.275. The van der Waals surface area contributed by atoms with E-state index in [0.717, 1.165) is 12.8 Å². The molecule has 1 saturated carbocycles. The zero-order chi connectivity index (χ0) is 9.90. The van der Waals surface area contributed by atoms with Crippen LogP contribution in [0.5, 0.6) is 0 Å². The predicted octanol–water partition coefficient (Wildman–Crippen LogP) is 1.70. The molecule has 0 radical (unpaired) electrons. The zero-order valence-corrected chi connectivity index (χ0v) is 8.39. The fourth-order valence-corrected chi connectivity index (χ4v) is 2.05. The summed E-state index contributed by atoms with van der Waals surface area (Å²) in [6, 6.07) is 0.285. The van der Waals surface area contributed by atoms with Gasteiger partial charge in [0.2, 0.25) is 0 Å². The molecule has 0 bridgehead atoms. The standard InChI is InChI=1S/C11H17NO/c1-4-10(13)12-9-6-5-7-11(2,3)8-9/h1,9H,5-8H2,2-3H3,(H,12,13). The van der Waals surface area contributed by atoms with Crippen molar-refractivity contribution in [3.05, 3.63) is 0 Å². The Hall–Kier alpha value is -0.970. The van der Waals surface area contributed by atoms with Crippen molar-refractivity contribution >= 4 is 5.91 Å². The van der Waals surface area contributed by atoms with Crippen LogP contribution in [-0.4, -0.2) is 11.9 Å². The van der Waals surface area contributed by atoms with Crippen LogP contribution < -0.4 is 5.32 Å². The monoisotopic (exact) mass is 179 g/mol. The summed E-state index contributed by atoms with van der Waals surface area (Å²) >= 11 is 0. The van der Waals surface area contributed by atoms with Gasteiger partial charge in [0.25, 0.3) is 5.91 Å². The molecule has 72 valence electrons. The molecule has 1 atom stereocenters. The number of rotatable bonds is 1. The summed E-state index contributed by atoms with van der Waals surface area (Å²) < 4.78 is 0. The van der Waals surface area contributed by atoms with Gasteiger partial charge in [0.05, 0.1) is 0 Å². The molecule has 0 aromatic rings. The van der Waals surface area contributed by atoms with Gasteiger partial charge in [-0.15, -0.1) is 6.42 Å². The van der Waals surface area contributed by atoms with Crippen LogP contribution in [0.4, 0.5) is 0 Å². The van der Waals surface area contributed by atoms with Gasteiger partial charge in [-0.2, -0.15) is 0 Å². The van der Waals surface area contributed by atoms with Gasteiger partial charge in [0.15, 0.2) is 0 Å². The lowest BCUT2D eigenvalue weighted by atomic mass is 9.75. The topological polar surface area (TPSA) is 29.1 Å². The van der Waals surface area contributed by atoms with E-state index in [1.54, 1.807) is 0 Å². The van der Waals surface area contributed by atoms with Gasteiger partial charge >= 0.3 is 0 Å². The van der Waals surface area contributed by atoms with E-state index in [1.807, 2.05) is 0 Å². The average Bonchev–Trinajstić information content (AvgIpc) is 2.02. The highest BCUT2D eigenvalue weighted by Crippen LogP contribution is 2.34. The van der Waals surface area contributed by atoms with Gasteiger partial charge in [-0.25, -0.2) is 0 Å². The Labute approximate surface area is 80.1 Å².